The van der Waals surface area contributed by atoms with Crippen LogP contribution in [-0.2, 0) is 19.4 Å². The minimum absolute atomic E-state index is 0.465. The molecule has 0 saturated carbocycles. The van der Waals surface area contributed by atoms with Gasteiger partial charge in [0.25, 0.3) is 0 Å². The summed E-state index contributed by atoms with van der Waals surface area (Å²) in [7, 11) is -4.44. The maximum Gasteiger partial charge on any atom is 0.397 e. The third-order valence-corrected chi connectivity index (χ3v) is 2.34. The van der Waals surface area contributed by atoms with Crippen molar-refractivity contribution in [3.05, 3.63) is 42.6 Å². The minimum Gasteiger partial charge on any atom is -0.297 e. The Morgan fingerprint density at radius 1 is 1.26 bits per heavy atom. The van der Waals surface area contributed by atoms with Crippen molar-refractivity contribution < 1.29 is 21.9 Å². The van der Waals surface area contributed by atoms with Crippen molar-refractivity contribution in [1.82, 2.24) is 4.98 Å². The van der Waals surface area contributed by atoms with Crippen LogP contribution >= 0.6 is 0 Å². The average molecular weight is 283 g/mol. The molecule has 0 saturated heterocycles. The molecule has 102 valence electrons. The first-order valence-electron chi connectivity index (χ1n) is 5.29. The molecule has 19 heavy (non-hydrogen) atoms. The van der Waals surface area contributed by atoms with Crippen LogP contribution in [-0.4, -0.2) is 30.3 Å². The number of benzene rings is 1. The number of carbonyl (C=O) groups is 1. The molecule has 2 rings (SSSR count). The molecule has 0 spiro atoms. The Labute approximate surface area is 111 Å². The van der Waals surface area contributed by atoms with Gasteiger partial charge in [-0.15, -0.1) is 0 Å². The average Bonchev–Trinajstić information content (AvgIpc) is 2.37. The quantitative estimate of drug-likeness (QED) is 0.860. The number of nitrogens with zero attached hydrogens (tertiary/aromatic N) is 1. The van der Waals surface area contributed by atoms with Gasteiger partial charge in [-0.3, -0.25) is 14.3 Å². The van der Waals surface area contributed by atoms with Gasteiger partial charge in [0.05, 0.1) is 5.52 Å². The molecule has 0 amide bonds. The van der Waals surface area contributed by atoms with Gasteiger partial charge in [0, 0.05) is 11.6 Å². The topological polar surface area (TPSA) is 93.6 Å². The number of ketones is 1. The summed E-state index contributed by atoms with van der Waals surface area (Å²) in [4.78, 5) is 14.2. The molecule has 0 aliphatic heterocycles. The van der Waals surface area contributed by atoms with Crippen molar-refractivity contribution >= 4 is 27.1 Å². The molecule has 0 atom stereocenters. The second-order valence-corrected chi connectivity index (χ2v) is 4.68. The summed E-state index contributed by atoms with van der Waals surface area (Å²) in [5, 5.41) is 1.20. The van der Waals surface area contributed by atoms with Crippen LogP contribution in [0.5, 0.6) is 0 Å². The number of aromatic nitrogens is 1. The van der Waals surface area contributed by atoms with E-state index in [4.69, 9.17) is 4.55 Å². The van der Waals surface area contributed by atoms with Crippen molar-refractivity contribution in [3.8, 4) is 0 Å². The molecule has 0 aliphatic carbocycles. The molecular weight excluding hydrogens is 270 g/mol. The lowest BCUT2D eigenvalue weighted by Gasteiger charge is -1.92. The fourth-order valence-electron chi connectivity index (χ4n) is 1.17. The maximum absolute atomic E-state index is 9.99. The maximum atomic E-state index is 9.99. The van der Waals surface area contributed by atoms with Crippen LogP contribution < -0.4 is 0 Å². The predicted octanol–water partition coefficient (Wildman–Crippen LogP) is 1.63. The smallest absolute Gasteiger partial charge is 0.297 e. The first-order chi connectivity index (χ1) is 8.88. The lowest BCUT2D eigenvalue weighted by atomic mass is 10.2. The summed E-state index contributed by atoms with van der Waals surface area (Å²) in [6.45, 7) is 0.532. The molecule has 0 unspecified atom stereocenters. The Hall–Kier alpha value is -1.83. The van der Waals surface area contributed by atoms with Crippen molar-refractivity contribution in [2.45, 2.75) is 6.92 Å². The van der Waals surface area contributed by atoms with E-state index in [1.54, 1.807) is 0 Å². The first kappa shape index (κ1) is 15.2. The highest BCUT2D eigenvalue weighted by Gasteiger charge is 2.04. The van der Waals surface area contributed by atoms with Crippen LogP contribution in [0.1, 0.15) is 6.92 Å². The highest BCUT2D eigenvalue weighted by Crippen LogP contribution is 2.07. The first-order valence-corrected chi connectivity index (χ1v) is 6.66. The lowest BCUT2D eigenvalue weighted by Crippen LogP contribution is -2.10. The minimum atomic E-state index is -4.44. The van der Waals surface area contributed by atoms with Gasteiger partial charge < -0.3 is 0 Å². The van der Waals surface area contributed by atoms with Crippen LogP contribution in [0, 0.1) is 0 Å². The molecule has 1 aromatic carbocycles. The normalized spacial score (nSPS) is 10.6. The summed E-state index contributed by atoms with van der Waals surface area (Å²) in [6, 6.07) is 12.1. The summed E-state index contributed by atoms with van der Waals surface area (Å²) in [6.07, 6.45) is 1.81. The zero-order valence-corrected chi connectivity index (χ0v) is 11.0. The van der Waals surface area contributed by atoms with Crippen molar-refractivity contribution in [1.29, 1.82) is 0 Å². The standard InChI is InChI=1S/C9H7N.C3H6O5S/c1-2-6-9-8(4-1)5-3-7-10-9;1-3(4)2-8-9(5,6)7/h1-7H;2H2,1H3,(H,5,6,7). The number of pyridine rings is 1. The van der Waals surface area contributed by atoms with Gasteiger partial charge in [0.15, 0.2) is 5.78 Å². The molecule has 0 fully saturated rings. The lowest BCUT2D eigenvalue weighted by molar-refractivity contribution is -0.119. The number of fused-ring (bicyclic) bond motifs is 1. The van der Waals surface area contributed by atoms with Gasteiger partial charge in [-0.1, -0.05) is 24.3 Å². The zero-order valence-electron chi connectivity index (χ0n) is 10.2. The molecule has 7 heteroatoms. The van der Waals surface area contributed by atoms with Crippen LogP contribution in [0.2, 0.25) is 0 Å². The van der Waals surface area contributed by atoms with Crippen LogP contribution in [0.25, 0.3) is 10.9 Å². The van der Waals surface area contributed by atoms with E-state index in [-0.39, 0.29) is 0 Å². The zero-order chi connectivity index (χ0) is 14.3. The van der Waals surface area contributed by atoms with E-state index >= 15 is 0 Å². The number of hydrogen-bond acceptors (Lipinski definition) is 5. The highest BCUT2D eigenvalue weighted by atomic mass is 32.3. The molecule has 0 aliphatic rings. The van der Waals surface area contributed by atoms with Gasteiger partial charge in [0.2, 0.25) is 0 Å². The van der Waals surface area contributed by atoms with Gasteiger partial charge in [-0.25, -0.2) is 4.18 Å². The van der Waals surface area contributed by atoms with Crippen LogP contribution in [0.4, 0.5) is 0 Å². The number of carbonyl (C=O) groups excluding carboxylic acids is 1. The van der Waals surface area contributed by atoms with E-state index < -0.39 is 22.8 Å². The van der Waals surface area contributed by atoms with E-state index in [1.807, 2.05) is 30.5 Å². The Bertz CT molecular complexity index is 588. The number of Topliss-reactive ketones (excluding diaryl/α,β-unsaturated/α-hetero) is 1. The molecular formula is C12H13NO5S. The molecule has 1 aromatic heterocycles. The SMILES string of the molecule is CC(=O)COS(=O)(=O)O.c1ccc2ncccc2c1. The molecule has 2 aromatic rings. The fraction of sp³-hybridized carbons (Fsp3) is 0.167. The van der Waals surface area contributed by atoms with Crippen LogP contribution in [0.15, 0.2) is 42.6 Å². The molecule has 6 nitrogen and oxygen atoms in total. The molecule has 0 radical (unpaired) electrons. The second-order valence-electron chi connectivity index (χ2n) is 3.59. The van der Waals surface area contributed by atoms with Gasteiger partial charge >= 0.3 is 10.4 Å². The third-order valence-electron chi connectivity index (χ3n) is 1.92. The van der Waals surface area contributed by atoms with Crippen molar-refractivity contribution in [2.75, 3.05) is 6.61 Å². The second kappa shape index (κ2) is 6.93. The summed E-state index contributed by atoms with van der Waals surface area (Å²) in [5.41, 5.74) is 1.06. The molecule has 1 heterocycles. The Balaban J connectivity index is 0.000000192. The number of rotatable bonds is 3. The predicted molar refractivity (Wildman–Crippen MR) is 69.9 cm³/mol. The molecule has 1 N–H and O–H groups in total. The Morgan fingerprint density at radius 3 is 2.42 bits per heavy atom. The Morgan fingerprint density at radius 2 is 1.89 bits per heavy atom. The largest absolute Gasteiger partial charge is 0.397 e. The van der Waals surface area contributed by atoms with E-state index in [1.165, 1.54) is 5.39 Å². The molecule has 0 bridgehead atoms. The number of para-hydroxylation sites is 1. The van der Waals surface area contributed by atoms with Gasteiger partial charge in [-0.2, -0.15) is 8.42 Å². The fourth-order valence-corrected chi connectivity index (χ4v) is 1.49. The summed E-state index contributed by atoms with van der Waals surface area (Å²) < 4.78 is 31.0. The van der Waals surface area contributed by atoms with E-state index in [0.717, 1.165) is 12.4 Å². The van der Waals surface area contributed by atoms with E-state index in [2.05, 4.69) is 21.3 Å². The van der Waals surface area contributed by atoms with Crippen molar-refractivity contribution in [2.24, 2.45) is 0 Å². The van der Waals surface area contributed by atoms with Crippen LogP contribution in [0.3, 0.4) is 0 Å². The highest BCUT2D eigenvalue weighted by molar-refractivity contribution is 7.80. The monoisotopic (exact) mass is 283 g/mol. The van der Waals surface area contributed by atoms with Crippen molar-refractivity contribution in [3.63, 3.8) is 0 Å². The summed E-state index contributed by atoms with van der Waals surface area (Å²) in [5.74, 6) is -0.465. The van der Waals surface area contributed by atoms with Gasteiger partial charge in [0.1, 0.15) is 6.61 Å². The van der Waals surface area contributed by atoms with E-state index in [9.17, 15) is 13.2 Å². The van der Waals surface area contributed by atoms with Gasteiger partial charge in [-0.05, 0) is 19.1 Å². The number of hydrogen-bond donors (Lipinski definition) is 1. The Kier molecular flexibility index (Phi) is 5.56. The van der Waals surface area contributed by atoms with E-state index in [0.29, 0.717) is 0 Å². The third kappa shape index (κ3) is 6.61. The summed E-state index contributed by atoms with van der Waals surface area (Å²) >= 11 is 0.